The molecular weight excluding hydrogens is 386 g/mol. The summed E-state index contributed by atoms with van der Waals surface area (Å²) in [5.41, 5.74) is 17.8. The number of piperidine rings is 1. The van der Waals surface area contributed by atoms with E-state index in [0.717, 1.165) is 53.8 Å². The van der Waals surface area contributed by atoms with Gasteiger partial charge in [0.1, 0.15) is 0 Å². The Morgan fingerprint density at radius 2 is 1.81 bits per heavy atom. The second kappa shape index (κ2) is 8.45. The smallest absolute Gasteiger partial charge is 0.0924 e. The fraction of sp³-hybridized carbons (Fsp3) is 0.292. The summed E-state index contributed by atoms with van der Waals surface area (Å²) in [5, 5.41) is 4.64. The Labute approximate surface area is 181 Å². The van der Waals surface area contributed by atoms with Gasteiger partial charge in [-0.05, 0) is 42.7 Å². The van der Waals surface area contributed by atoms with Gasteiger partial charge in [-0.1, -0.05) is 24.3 Å². The molecule has 3 heterocycles. The molecule has 0 aliphatic carbocycles. The molecule has 0 bridgehead atoms. The van der Waals surface area contributed by atoms with Crippen LogP contribution in [0.3, 0.4) is 0 Å². The summed E-state index contributed by atoms with van der Waals surface area (Å²) in [7, 11) is 0. The fourth-order valence-corrected chi connectivity index (χ4v) is 4.24. The molecule has 7 nitrogen and oxygen atoms in total. The van der Waals surface area contributed by atoms with Crippen molar-refractivity contribution in [3.63, 3.8) is 0 Å². The normalized spacial score (nSPS) is 16.0. The molecule has 1 aliphatic heterocycles. The summed E-state index contributed by atoms with van der Waals surface area (Å²) in [4.78, 5) is 11.7. The van der Waals surface area contributed by atoms with E-state index in [-0.39, 0.29) is 6.04 Å². The van der Waals surface area contributed by atoms with E-state index in [4.69, 9.17) is 16.5 Å². The molecule has 0 spiro atoms. The third kappa shape index (κ3) is 4.02. The summed E-state index contributed by atoms with van der Waals surface area (Å²) >= 11 is 0. The first-order valence-electron chi connectivity index (χ1n) is 10.8. The van der Waals surface area contributed by atoms with Gasteiger partial charge in [0.2, 0.25) is 0 Å². The van der Waals surface area contributed by atoms with E-state index in [1.165, 1.54) is 5.69 Å². The molecular formula is C24H27N7. The Kier molecular flexibility index (Phi) is 5.36. The molecule has 0 radical (unpaired) electrons. The summed E-state index contributed by atoms with van der Waals surface area (Å²) in [6, 6.07) is 16.6. The van der Waals surface area contributed by atoms with Crippen LogP contribution in [-0.2, 0) is 0 Å². The van der Waals surface area contributed by atoms with E-state index < -0.39 is 0 Å². The van der Waals surface area contributed by atoms with Gasteiger partial charge in [-0.25, -0.2) is 4.98 Å². The third-order valence-electron chi connectivity index (χ3n) is 6.10. The van der Waals surface area contributed by atoms with Gasteiger partial charge in [-0.3, -0.25) is 9.67 Å². The maximum Gasteiger partial charge on any atom is 0.0924 e. The maximum atomic E-state index is 6.11. The Morgan fingerprint density at radius 3 is 2.61 bits per heavy atom. The van der Waals surface area contributed by atoms with Crippen molar-refractivity contribution >= 4 is 16.7 Å². The Bertz CT molecular complexity index is 1180. The van der Waals surface area contributed by atoms with Crippen molar-refractivity contribution in [2.75, 3.05) is 24.5 Å². The van der Waals surface area contributed by atoms with Crippen molar-refractivity contribution < 1.29 is 0 Å². The van der Waals surface area contributed by atoms with Crippen LogP contribution in [-0.4, -0.2) is 39.4 Å². The number of fused-ring (bicyclic) bond motifs is 1. The van der Waals surface area contributed by atoms with Gasteiger partial charge >= 0.3 is 0 Å². The topological polar surface area (TPSA) is 98.9 Å². The number of para-hydroxylation sites is 2. The third-order valence-corrected chi connectivity index (χ3v) is 6.10. The first kappa shape index (κ1) is 19.7. The molecule has 1 atom stereocenters. The summed E-state index contributed by atoms with van der Waals surface area (Å²) in [6.07, 6.45) is 7.89. The molecule has 4 N–H and O–H groups in total. The molecule has 2 aromatic heterocycles. The van der Waals surface area contributed by atoms with Crippen LogP contribution < -0.4 is 16.4 Å². The van der Waals surface area contributed by atoms with Crippen LogP contribution in [0.2, 0.25) is 0 Å². The maximum absolute atomic E-state index is 6.11. The molecule has 1 unspecified atom stereocenters. The minimum absolute atomic E-state index is 0.113. The summed E-state index contributed by atoms with van der Waals surface area (Å²) < 4.78 is 2.09. The van der Waals surface area contributed by atoms with E-state index >= 15 is 0 Å². The van der Waals surface area contributed by atoms with E-state index in [1.807, 2.05) is 36.7 Å². The average Bonchev–Trinajstić information content (AvgIpc) is 3.34. The monoisotopic (exact) mass is 413 g/mol. The molecule has 4 aromatic rings. The van der Waals surface area contributed by atoms with Crippen molar-refractivity contribution in [2.45, 2.75) is 24.9 Å². The predicted octanol–water partition coefficient (Wildman–Crippen LogP) is 3.29. The second-order valence-corrected chi connectivity index (χ2v) is 8.11. The highest BCUT2D eigenvalue weighted by atomic mass is 15.3. The second-order valence-electron chi connectivity index (χ2n) is 8.11. The minimum Gasteiger partial charge on any atom is -0.371 e. The lowest BCUT2D eigenvalue weighted by Crippen LogP contribution is -2.35. The Hall–Kier alpha value is -3.29. The summed E-state index contributed by atoms with van der Waals surface area (Å²) in [5.74, 6) is 0. The number of benzene rings is 2. The lowest BCUT2D eigenvalue weighted by Gasteiger charge is -2.34. The Morgan fingerprint density at radius 1 is 1.00 bits per heavy atom. The van der Waals surface area contributed by atoms with E-state index in [2.05, 4.69) is 50.1 Å². The lowest BCUT2D eigenvalue weighted by molar-refractivity contribution is 0.367. The lowest BCUT2D eigenvalue weighted by atomic mass is 10.0. The zero-order valence-corrected chi connectivity index (χ0v) is 17.4. The van der Waals surface area contributed by atoms with Crippen molar-refractivity contribution in [3.8, 4) is 11.3 Å². The van der Waals surface area contributed by atoms with Crippen LogP contribution in [0.4, 0.5) is 5.69 Å². The van der Waals surface area contributed by atoms with Crippen LogP contribution in [0, 0.1) is 0 Å². The fourth-order valence-electron chi connectivity index (χ4n) is 4.24. The molecule has 1 aliphatic rings. The van der Waals surface area contributed by atoms with Gasteiger partial charge in [0, 0.05) is 43.1 Å². The zero-order chi connectivity index (χ0) is 21.2. The van der Waals surface area contributed by atoms with Gasteiger partial charge in [0.15, 0.2) is 0 Å². The standard InChI is InChI=1S/C24H27N7/c25-13-21(26)17-4-3-5-20(12-17)30-10-8-19(9-11-30)31-16-18(14-28-31)24-15-27-22-6-1-2-7-23(22)29-24/h1-7,12,14-16,19,21H,8-11,13,25-26H2. The van der Waals surface area contributed by atoms with Crippen LogP contribution in [0.1, 0.15) is 30.5 Å². The highest BCUT2D eigenvalue weighted by molar-refractivity contribution is 5.76. The van der Waals surface area contributed by atoms with Crippen molar-refractivity contribution in [3.05, 3.63) is 72.7 Å². The number of nitrogens with two attached hydrogens (primary N) is 2. The van der Waals surface area contributed by atoms with Crippen molar-refractivity contribution in [2.24, 2.45) is 11.5 Å². The first-order valence-corrected chi connectivity index (χ1v) is 10.8. The van der Waals surface area contributed by atoms with Crippen LogP contribution in [0.25, 0.3) is 22.3 Å². The van der Waals surface area contributed by atoms with Crippen LogP contribution in [0.15, 0.2) is 67.1 Å². The molecule has 1 fully saturated rings. The number of aromatic nitrogens is 4. The highest BCUT2D eigenvalue weighted by Crippen LogP contribution is 2.29. The molecule has 0 saturated carbocycles. The van der Waals surface area contributed by atoms with Gasteiger partial charge in [-0.2, -0.15) is 5.10 Å². The number of nitrogens with zero attached hydrogens (tertiary/aromatic N) is 5. The molecule has 158 valence electrons. The van der Waals surface area contributed by atoms with Crippen molar-refractivity contribution in [1.82, 2.24) is 19.7 Å². The van der Waals surface area contributed by atoms with Gasteiger partial charge in [0.25, 0.3) is 0 Å². The van der Waals surface area contributed by atoms with E-state index in [9.17, 15) is 0 Å². The Balaban J connectivity index is 1.28. The molecule has 2 aromatic carbocycles. The van der Waals surface area contributed by atoms with Gasteiger partial charge in [-0.15, -0.1) is 0 Å². The molecule has 5 rings (SSSR count). The molecule has 7 heteroatoms. The largest absolute Gasteiger partial charge is 0.371 e. The highest BCUT2D eigenvalue weighted by Gasteiger charge is 2.22. The predicted molar refractivity (Wildman–Crippen MR) is 124 cm³/mol. The number of anilines is 1. The molecule has 0 amide bonds. The SMILES string of the molecule is NCC(N)c1cccc(N2CCC(n3cc(-c4cnc5ccccc5n4)cn3)CC2)c1. The van der Waals surface area contributed by atoms with Gasteiger partial charge in [0.05, 0.1) is 35.2 Å². The number of hydrogen-bond donors (Lipinski definition) is 2. The first-order chi connectivity index (χ1) is 15.2. The molecule has 1 saturated heterocycles. The van der Waals surface area contributed by atoms with Crippen molar-refractivity contribution in [1.29, 1.82) is 0 Å². The molecule has 31 heavy (non-hydrogen) atoms. The van der Waals surface area contributed by atoms with Crippen LogP contribution in [0.5, 0.6) is 0 Å². The van der Waals surface area contributed by atoms with E-state index in [0.29, 0.717) is 12.6 Å². The van der Waals surface area contributed by atoms with E-state index in [1.54, 1.807) is 0 Å². The zero-order valence-electron chi connectivity index (χ0n) is 17.4. The number of rotatable bonds is 5. The summed E-state index contributed by atoms with van der Waals surface area (Å²) in [6.45, 7) is 2.42. The minimum atomic E-state index is -0.113. The van der Waals surface area contributed by atoms with Crippen LogP contribution >= 0.6 is 0 Å². The average molecular weight is 414 g/mol. The number of hydrogen-bond acceptors (Lipinski definition) is 6. The van der Waals surface area contributed by atoms with Gasteiger partial charge < -0.3 is 16.4 Å². The quantitative estimate of drug-likeness (QED) is 0.521.